The summed E-state index contributed by atoms with van der Waals surface area (Å²) in [6.45, 7) is 13.3. The summed E-state index contributed by atoms with van der Waals surface area (Å²) in [6, 6.07) is 10.3. The largest absolute Gasteiger partial charge is 0.314 e. The van der Waals surface area contributed by atoms with Crippen molar-refractivity contribution in [3.05, 3.63) is 35.4 Å². The van der Waals surface area contributed by atoms with Crippen molar-refractivity contribution >= 4 is 0 Å². The first kappa shape index (κ1) is 17.2. The molecule has 20 heavy (non-hydrogen) atoms. The minimum atomic E-state index is 0.570. The lowest BCUT2D eigenvalue weighted by atomic mass is 10.0. The van der Waals surface area contributed by atoms with Crippen LogP contribution in [0, 0.1) is 5.92 Å². The predicted octanol–water partition coefficient (Wildman–Crippen LogP) is 3.70. The smallest absolute Gasteiger partial charge is 0.0233 e. The highest BCUT2D eigenvalue weighted by atomic mass is 15.1. The SMILES string of the molecule is CC(C)NCCc1ccc(CN(C)C(C)C(C)C)cc1. The van der Waals surface area contributed by atoms with E-state index >= 15 is 0 Å². The average Bonchev–Trinajstić information content (AvgIpc) is 2.39. The first-order chi connectivity index (χ1) is 9.40. The zero-order chi connectivity index (χ0) is 15.1. The van der Waals surface area contributed by atoms with Crippen LogP contribution in [0.4, 0.5) is 0 Å². The minimum absolute atomic E-state index is 0.570. The van der Waals surface area contributed by atoms with Gasteiger partial charge in [-0.05, 0) is 44.0 Å². The van der Waals surface area contributed by atoms with Crippen LogP contribution in [0.5, 0.6) is 0 Å². The van der Waals surface area contributed by atoms with Gasteiger partial charge in [-0.3, -0.25) is 4.90 Å². The molecule has 0 fully saturated rings. The first-order valence-electron chi connectivity index (χ1n) is 7.91. The van der Waals surface area contributed by atoms with Crippen molar-refractivity contribution in [2.75, 3.05) is 13.6 Å². The standard InChI is InChI=1S/C18H32N2/c1-14(2)16(5)20(6)13-18-9-7-17(8-10-18)11-12-19-15(3)4/h7-10,14-16,19H,11-13H2,1-6H3. The van der Waals surface area contributed by atoms with Gasteiger partial charge < -0.3 is 5.32 Å². The van der Waals surface area contributed by atoms with Gasteiger partial charge in [-0.15, -0.1) is 0 Å². The van der Waals surface area contributed by atoms with Crippen LogP contribution in [0.2, 0.25) is 0 Å². The van der Waals surface area contributed by atoms with Crippen molar-refractivity contribution < 1.29 is 0 Å². The normalized spacial score (nSPS) is 13.4. The number of rotatable bonds is 8. The van der Waals surface area contributed by atoms with E-state index in [1.165, 1.54) is 11.1 Å². The van der Waals surface area contributed by atoms with Gasteiger partial charge in [-0.2, -0.15) is 0 Å². The third-order valence-electron chi connectivity index (χ3n) is 4.08. The molecule has 1 atom stereocenters. The van der Waals surface area contributed by atoms with E-state index < -0.39 is 0 Å². The lowest BCUT2D eigenvalue weighted by Crippen LogP contribution is -2.32. The number of nitrogens with one attached hydrogen (secondary N) is 1. The Kier molecular flexibility index (Phi) is 7.25. The summed E-state index contributed by atoms with van der Waals surface area (Å²) in [5.41, 5.74) is 2.82. The summed E-state index contributed by atoms with van der Waals surface area (Å²) in [4.78, 5) is 2.43. The quantitative estimate of drug-likeness (QED) is 0.779. The highest BCUT2D eigenvalue weighted by molar-refractivity contribution is 5.22. The van der Waals surface area contributed by atoms with E-state index in [1.807, 2.05) is 0 Å². The number of benzene rings is 1. The molecule has 0 aliphatic rings. The van der Waals surface area contributed by atoms with Crippen LogP contribution in [0.1, 0.15) is 45.7 Å². The van der Waals surface area contributed by atoms with E-state index in [4.69, 9.17) is 0 Å². The molecule has 0 spiro atoms. The second kappa shape index (κ2) is 8.43. The van der Waals surface area contributed by atoms with Crippen molar-refractivity contribution in [3.8, 4) is 0 Å². The molecule has 0 aliphatic carbocycles. The molecule has 0 aliphatic heterocycles. The number of hydrogen-bond acceptors (Lipinski definition) is 2. The molecular formula is C18H32N2. The third kappa shape index (κ3) is 6.06. The Morgan fingerprint density at radius 2 is 1.50 bits per heavy atom. The molecule has 0 amide bonds. The second-order valence-electron chi connectivity index (χ2n) is 6.58. The molecule has 0 radical (unpaired) electrons. The summed E-state index contributed by atoms with van der Waals surface area (Å²) < 4.78 is 0. The summed E-state index contributed by atoms with van der Waals surface area (Å²) >= 11 is 0. The van der Waals surface area contributed by atoms with Crippen LogP contribution < -0.4 is 5.32 Å². The monoisotopic (exact) mass is 276 g/mol. The van der Waals surface area contributed by atoms with Crippen molar-refractivity contribution in [2.45, 2.75) is 59.7 Å². The topological polar surface area (TPSA) is 15.3 Å². The lowest BCUT2D eigenvalue weighted by molar-refractivity contribution is 0.200. The maximum absolute atomic E-state index is 3.46. The Bertz CT molecular complexity index is 368. The number of nitrogens with zero attached hydrogens (tertiary/aromatic N) is 1. The molecule has 2 heteroatoms. The molecule has 114 valence electrons. The van der Waals surface area contributed by atoms with Crippen LogP contribution >= 0.6 is 0 Å². The molecule has 0 bridgehead atoms. The maximum atomic E-state index is 3.46. The van der Waals surface area contributed by atoms with E-state index in [0.29, 0.717) is 18.0 Å². The predicted molar refractivity (Wildman–Crippen MR) is 89.1 cm³/mol. The fraction of sp³-hybridized carbons (Fsp3) is 0.667. The molecule has 2 nitrogen and oxygen atoms in total. The van der Waals surface area contributed by atoms with Crippen LogP contribution in [-0.4, -0.2) is 30.6 Å². The van der Waals surface area contributed by atoms with Crippen LogP contribution in [-0.2, 0) is 13.0 Å². The van der Waals surface area contributed by atoms with Gasteiger partial charge in [0.05, 0.1) is 0 Å². The molecule has 0 heterocycles. The van der Waals surface area contributed by atoms with Crippen LogP contribution in [0.3, 0.4) is 0 Å². The van der Waals surface area contributed by atoms with Gasteiger partial charge >= 0.3 is 0 Å². The summed E-state index contributed by atoms with van der Waals surface area (Å²) in [7, 11) is 2.21. The molecule has 0 saturated heterocycles. The highest BCUT2D eigenvalue weighted by Gasteiger charge is 2.12. The van der Waals surface area contributed by atoms with Gasteiger partial charge in [-0.25, -0.2) is 0 Å². The van der Waals surface area contributed by atoms with Crippen LogP contribution in [0.15, 0.2) is 24.3 Å². The van der Waals surface area contributed by atoms with Crippen molar-refractivity contribution in [2.24, 2.45) is 5.92 Å². The molecule has 1 aromatic carbocycles. The molecule has 0 saturated carbocycles. The molecule has 1 unspecified atom stereocenters. The van der Waals surface area contributed by atoms with Crippen molar-refractivity contribution in [1.82, 2.24) is 10.2 Å². The highest BCUT2D eigenvalue weighted by Crippen LogP contribution is 2.13. The molecule has 1 aromatic rings. The Morgan fingerprint density at radius 3 is 2.00 bits per heavy atom. The molecule has 0 aromatic heterocycles. The first-order valence-corrected chi connectivity index (χ1v) is 7.91. The number of hydrogen-bond donors (Lipinski definition) is 1. The van der Waals surface area contributed by atoms with Crippen molar-refractivity contribution in [3.63, 3.8) is 0 Å². The lowest BCUT2D eigenvalue weighted by Gasteiger charge is -2.27. The van der Waals surface area contributed by atoms with Crippen LogP contribution in [0.25, 0.3) is 0 Å². The van der Waals surface area contributed by atoms with E-state index in [1.54, 1.807) is 0 Å². The second-order valence-corrected chi connectivity index (χ2v) is 6.58. The van der Waals surface area contributed by atoms with Gasteiger partial charge in [0.15, 0.2) is 0 Å². The van der Waals surface area contributed by atoms with E-state index in [9.17, 15) is 0 Å². The zero-order valence-electron chi connectivity index (χ0n) is 14.1. The van der Waals surface area contributed by atoms with E-state index in [2.05, 4.69) is 76.1 Å². The summed E-state index contributed by atoms with van der Waals surface area (Å²) in [5, 5.41) is 3.46. The fourth-order valence-corrected chi connectivity index (χ4v) is 2.26. The molecule has 1 N–H and O–H groups in total. The molecule has 1 rings (SSSR count). The Morgan fingerprint density at radius 1 is 0.950 bits per heavy atom. The summed E-state index contributed by atoms with van der Waals surface area (Å²) in [6.07, 6.45) is 1.11. The maximum Gasteiger partial charge on any atom is 0.0233 e. The van der Waals surface area contributed by atoms with Crippen molar-refractivity contribution in [1.29, 1.82) is 0 Å². The fourth-order valence-electron chi connectivity index (χ4n) is 2.26. The van der Waals surface area contributed by atoms with E-state index in [-0.39, 0.29) is 0 Å². The molecular weight excluding hydrogens is 244 g/mol. The Hall–Kier alpha value is -0.860. The Labute approximate surface area is 125 Å². The Balaban J connectivity index is 2.46. The van der Waals surface area contributed by atoms with Gasteiger partial charge in [0.1, 0.15) is 0 Å². The van der Waals surface area contributed by atoms with Gasteiger partial charge in [-0.1, -0.05) is 52.0 Å². The summed E-state index contributed by atoms with van der Waals surface area (Å²) in [5.74, 6) is 0.696. The van der Waals surface area contributed by atoms with Gasteiger partial charge in [0.25, 0.3) is 0 Å². The average molecular weight is 276 g/mol. The van der Waals surface area contributed by atoms with Gasteiger partial charge in [0.2, 0.25) is 0 Å². The third-order valence-corrected chi connectivity index (χ3v) is 4.08. The van der Waals surface area contributed by atoms with Gasteiger partial charge in [0, 0.05) is 18.6 Å². The zero-order valence-corrected chi connectivity index (χ0v) is 14.1. The minimum Gasteiger partial charge on any atom is -0.314 e. The van der Waals surface area contributed by atoms with E-state index in [0.717, 1.165) is 19.5 Å².